The van der Waals surface area contributed by atoms with Gasteiger partial charge < -0.3 is 9.40 Å². The number of fused-ring (bicyclic) bond motifs is 1. The van der Waals surface area contributed by atoms with Crippen LogP contribution in [0.4, 0.5) is 0 Å². The lowest BCUT2D eigenvalue weighted by Gasteiger charge is -2.08. The van der Waals surface area contributed by atoms with Crippen molar-refractivity contribution in [2.75, 3.05) is 5.75 Å². The second-order valence-electron chi connectivity index (χ2n) is 6.05. The quantitative estimate of drug-likeness (QED) is 0.266. The number of furan rings is 1. The zero-order valence-corrected chi connectivity index (χ0v) is 18.6. The highest BCUT2D eigenvalue weighted by Crippen LogP contribution is 2.38. The number of aromatic amines is 1. The van der Waals surface area contributed by atoms with Crippen molar-refractivity contribution in [1.29, 1.82) is 0 Å². The number of rotatable bonds is 8. The van der Waals surface area contributed by atoms with Gasteiger partial charge in [0.15, 0.2) is 8.68 Å². The third-order valence-corrected chi connectivity index (χ3v) is 8.23. The third-order valence-electron chi connectivity index (χ3n) is 4.02. The van der Waals surface area contributed by atoms with E-state index < -0.39 is 0 Å². The average molecular weight is 451 g/mol. The highest BCUT2D eigenvalue weighted by atomic mass is 32.2. The Morgan fingerprint density at radius 2 is 2.18 bits per heavy atom. The molecule has 1 unspecified atom stereocenters. The monoisotopic (exact) mass is 450 g/mol. The molecule has 4 rings (SSSR count). The molecular formula is C18H18N4O2S4. The number of aromatic nitrogens is 4. The van der Waals surface area contributed by atoms with E-state index in [1.165, 1.54) is 24.2 Å². The maximum Gasteiger partial charge on any atom is 0.260 e. The van der Waals surface area contributed by atoms with Gasteiger partial charge >= 0.3 is 0 Å². The van der Waals surface area contributed by atoms with Gasteiger partial charge in [0.2, 0.25) is 0 Å². The van der Waals surface area contributed by atoms with Gasteiger partial charge in [0.1, 0.15) is 16.4 Å². The molecule has 0 amide bonds. The Morgan fingerprint density at radius 3 is 2.96 bits per heavy atom. The molecule has 0 aliphatic heterocycles. The smallest absolute Gasteiger partial charge is 0.260 e. The topological polar surface area (TPSA) is 84.7 Å². The van der Waals surface area contributed by atoms with Crippen molar-refractivity contribution in [2.24, 2.45) is 0 Å². The minimum atomic E-state index is -0.145. The van der Waals surface area contributed by atoms with Crippen LogP contribution < -0.4 is 5.56 Å². The number of thioether (sulfide) groups is 2. The second kappa shape index (κ2) is 8.81. The molecule has 0 aliphatic carbocycles. The van der Waals surface area contributed by atoms with Crippen molar-refractivity contribution < 1.29 is 4.42 Å². The molecule has 0 aliphatic rings. The first kappa shape index (κ1) is 19.7. The Morgan fingerprint density at radius 1 is 1.32 bits per heavy atom. The Hall–Kier alpha value is -1.62. The van der Waals surface area contributed by atoms with Gasteiger partial charge in [-0.1, -0.05) is 48.2 Å². The number of hydrogen-bond donors (Lipinski definition) is 1. The van der Waals surface area contributed by atoms with E-state index >= 15 is 0 Å². The molecule has 0 saturated heterocycles. The fraction of sp³-hybridized carbons (Fsp3) is 0.333. The maximum atomic E-state index is 12.7. The number of unbranched alkanes of at least 4 members (excludes halogenated alkanes) is 1. The van der Waals surface area contributed by atoms with Gasteiger partial charge in [-0.05, 0) is 25.5 Å². The van der Waals surface area contributed by atoms with Crippen molar-refractivity contribution in [3.63, 3.8) is 0 Å². The molecular weight excluding hydrogens is 432 g/mol. The number of H-pyrrole nitrogens is 1. The minimum absolute atomic E-state index is 0.0345. The number of thiophene rings is 1. The van der Waals surface area contributed by atoms with Gasteiger partial charge in [0.05, 0.1) is 16.9 Å². The summed E-state index contributed by atoms with van der Waals surface area (Å²) in [6.07, 6.45) is 3.95. The Labute approximate surface area is 178 Å². The molecule has 10 heteroatoms. The fourth-order valence-corrected chi connectivity index (χ4v) is 6.90. The van der Waals surface area contributed by atoms with Crippen LogP contribution >= 0.6 is 46.2 Å². The molecule has 28 heavy (non-hydrogen) atoms. The van der Waals surface area contributed by atoms with Crippen molar-refractivity contribution >= 4 is 56.4 Å². The largest absolute Gasteiger partial charge is 0.464 e. The van der Waals surface area contributed by atoms with Crippen LogP contribution in [-0.4, -0.2) is 25.9 Å². The zero-order valence-electron chi connectivity index (χ0n) is 15.3. The van der Waals surface area contributed by atoms with Gasteiger partial charge in [0.25, 0.3) is 5.56 Å². The molecule has 4 aromatic rings. The van der Waals surface area contributed by atoms with E-state index in [9.17, 15) is 4.79 Å². The molecule has 0 fully saturated rings. The fourth-order valence-electron chi connectivity index (χ4n) is 2.59. The van der Waals surface area contributed by atoms with Crippen molar-refractivity contribution in [2.45, 2.75) is 40.6 Å². The summed E-state index contributed by atoms with van der Waals surface area (Å²) < 4.78 is 7.31. The molecule has 0 radical (unpaired) electrons. The van der Waals surface area contributed by atoms with E-state index in [-0.39, 0.29) is 10.8 Å². The SMILES string of the molecule is CCCCSc1nnc(SC(C)c2nc3scc(-c4ccco4)c3c(=O)[nH]2)s1. The van der Waals surface area contributed by atoms with E-state index in [0.29, 0.717) is 21.8 Å². The molecule has 0 saturated carbocycles. The van der Waals surface area contributed by atoms with Crippen molar-refractivity contribution in [1.82, 2.24) is 20.2 Å². The van der Waals surface area contributed by atoms with E-state index in [1.807, 2.05) is 24.4 Å². The Balaban J connectivity index is 1.53. The highest BCUT2D eigenvalue weighted by molar-refractivity contribution is 8.03. The van der Waals surface area contributed by atoms with Crippen LogP contribution in [0.3, 0.4) is 0 Å². The van der Waals surface area contributed by atoms with Crippen molar-refractivity contribution in [3.05, 3.63) is 40.0 Å². The third kappa shape index (κ3) is 4.19. The van der Waals surface area contributed by atoms with Gasteiger partial charge in [0, 0.05) is 16.7 Å². The van der Waals surface area contributed by atoms with Crippen molar-refractivity contribution in [3.8, 4) is 11.3 Å². The first-order valence-corrected chi connectivity index (χ1v) is 12.4. The maximum absolute atomic E-state index is 12.7. The lowest BCUT2D eigenvalue weighted by atomic mass is 10.2. The summed E-state index contributed by atoms with van der Waals surface area (Å²) in [6.45, 7) is 4.19. The molecule has 0 aromatic carbocycles. The summed E-state index contributed by atoms with van der Waals surface area (Å²) in [5.74, 6) is 2.38. The first-order valence-electron chi connectivity index (χ1n) is 8.84. The second-order valence-corrected chi connectivity index (χ2v) is 10.8. The normalized spacial score (nSPS) is 12.6. The zero-order chi connectivity index (χ0) is 19.5. The van der Waals surface area contributed by atoms with Gasteiger partial charge in [-0.3, -0.25) is 4.79 Å². The van der Waals surface area contributed by atoms with Crippen LogP contribution in [0.2, 0.25) is 0 Å². The Kier molecular flexibility index (Phi) is 6.19. The van der Waals surface area contributed by atoms with E-state index in [0.717, 1.165) is 20.0 Å². The summed E-state index contributed by atoms with van der Waals surface area (Å²) in [5, 5.41) is 11.0. The predicted octanol–water partition coefficient (Wildman–Crippen LogP) is 5.84. The van der Waals surface area contributed by atoms with Crippen LogP contribution in [0.1, 0.15) is 37.8 Å². The average Bonchev–Trinajstić information content (AvgIpc) is 3.42. The summed E-state index contributed by atoms with van der Waals surface area (Å²) >= 11 is 6.35. The molecule has 4 heterocycles. The van der Waals surface area contributed by atoms with Crippen LogP contribution in [0, 0.1) is 0 Å². The number of nitrogens with one attached hydrogen (secondary N) is 1. The van der Waals surface area contributed by atoms with Crippen LogP contribution in [0.5, 0.6) is 0 Å². The van der Waals surface area contributed by atoms with Gasteiger partial charge in [-0.25, -0.2) is 4.98 Å². The van der Waals surface area contributed by atoms with E-state index in [2.05, 4.69) is 27.1 Å². The molecule has 1 atom stereocenters. The first-order chi connectivity index (χ1) is 13.7. The van der Waals surface area contributed by atoms with Crippen LogP contribution in [-0.2, 0) is 0 Å². The molecule has 4 aromatic heterocycles. The standard InChI is InChI=1S/C18H18N4O2S4/c1-3-4-8-25-17-21-22-18(28-17)27-10(2)14-19-15(23)13-11(9-26-16(13)20-14)12-6-5-7-24-12/h5-7,9-10H,3-4,8H2,1-2H3,(H,19,20,23). The summed E-state index contributed by atoms with van der Waals surface area (Å²) in [7, 11) is 0. The van der Waals surface area contributed by atoms with E-state index in [1.54, 1.807) is 41.1 Å². The molecule has 0 spiro atoms. The van der Waals surface area contributed by atoms with E-state index in [4.69, 9.17) is 4.42 Å². The summed E-state index contributed by atoms with van der Waals surface area (Å²) in [4.78, 5) is 21.0. The van der Waals surface area contributed by atoms with Gasteiger partial charge in [-0.2, -0.15) is 0 Å². The molecule has 1 N–H and O–H groups in total. The summed E-state index contributed by atoms with van der Waals surface area (Å²) in [6, 6.07) is 3.66. The number of hydrogen-bond acceptors (Lipinski definition) is 9. The highest BCUT2D eigenvalue weighted by Gasteiger charge is 2.19. The van der Waals surface area contributed by atoms with Crippen LogP contribution in [0.15, 0.2) is 41.7 Å². The number of nitrogens with zero attached hydrogens (tertiary/aromatic N) is 3. The molecule has 0 bridgehead atoms. The molecule has 146 valence electrons. The van der Waals surface area contributed by atoms with Gasteiger partial charge in [-0.15, -0.1) is 21.5 Å². The molecule has 6 nitrogen and oxygen atoms in total. The Bertz CT molecular complexity index is 1120. The minimum Gasteiger partial charge on any atom is -0.464 e. The lowest BCUT2D eigenvalue weighted by Crippen LogP contribution is -2.12. The lowest BCUT2D eigenvalue weighted by molar-refractivity contribution is 0.583. The van der Waals surface area contributed by atoms with Crippen LogP contribution in [0.25, 0.3) is 21.5 Å². The summed E-state index contributed by atoms with van der Waals surface area (Å²) in [5.41, 5.74) is 0.636. The predicted molar refractivity (Wildman–Crippen MR) is 118 cm³/mol.